The van der Waals surface area contributed by atoms with E-state index in [9.17, 15) is 4.39 Å². The molecule has 0 atom stereocenters. The third kappa shape index (κ3) is 1.09. The van der Waals surface area contributed by atoms with Crippen molar-refractivity contribution in [2.75, 3.05) is 5.73 Å². The zero-order valence-corrected chi connectivity index (χ0v) is 6.45. The van der Waals surface area contributed by atoms with Crippen LogP contribution in [0.25, 0.3) is 0 Å². The molecule has 10 heavy (non-hydrogen) atoms. The van der Waals surface area contributed by atoms with Crippen LogP contribution in [0.4, 0.5) is 10.1 Å². The standard InChI is InChI=1S/C7H8FNS/c1-4-2-3-5(10)7(9)6(4)8/h2-3,10H,9H2,1H3. The number of benzene rings is 1. The first-order valence-electron chi connectivity index (χ1n) is 2.86. The Hall–Kier alpha value is -0.700. The van der Waals surface area contributed by atoms with Crippen LogP contribution in [0.3, 0.4) is 0 Å². The Morgan fingerprint density at radius 1 is 1.50 bits per heavy atom. The number of halogens is 1. The zero-order valence-electron chi connectivity index (χ0n) is 5.56. The summed E-state index contributed by atoms with van der Waals surface area (Å²) in [7, 11) is 0. The Balaban J connectivity index is 3.34. The molecule has 0 saturated carbocycles. The molecule has 0 spiro atoms. The molecule has 0 saturated heterocycles. The van der Waals surface area contributed by atoms with Crippen LogP contribution in [0.15, 0.2) is 17.0 Å². The number of hydrogen-bond acceptors (Lipinski definition) is 2. The molecular formula is C7H8FNS. The highest BCUT2D eigenvalue weighted by Gasteiger charge is 2.03. The van der Waals surface area contributed by atoms with Crippen molar-refractivity contribution in [3.63, 3.8) is 0 Å². The number of nitrogen functional groups attached to an aromatic ring is 1. The van der Waals surface area contributed by atoms with Gasteiger partial charge in [0.25, 0.3) is 0 Å². The largest absolute Gasteiger partial charge is 0.395 e. The van der Waals surface area contributed by atoms with Gasteiger partial charge in [-0.15, -0.1) is 12.6 Å². The summed E-state index contributed by atoms with van der Waals surface area (Å²) in [5.41, 5.74) is 6.01. The van der Waals surface area contributed by atoms with E-state index in [1.165, 1.54) is 0 Å². The van der Waals surface area contributed by atoms with E-state index >= 15 is 0 Å². The van der Waals surface area contributed by atoms with E-state index < -0.39 is 0 Å². The molecule has 0 bridgehead atoms. The van der Waals surface area contributed by atoms with Crippen molar-refractivity contribution in [1.82, 2.24) is 0 Å². The number of hydrogen-bond donors (Lipinski definition) is 2. The summed E-state index contributed by atoms with van der Waals surface area (Å²) in [4.78, 5) is 0.489. The lowest BCUT2D eigenvalue weighted by atomic mass is 10.2. The fourth-order valence-electron chi connectivity index (χ4n) is 0.692. The van der Waals surface area contributed by atoms with Crippen molar-refractivity contribution in [1.29, 1.82) is 0 Å². The van der Waals surface area contributed by atoms with Gasteiger partial charge < -0.3 is 5.73 Å². The van der Waals surface area contributed by atoms with E-state index in [4.69, 9.17) is 5.73 Å². The highest BCUT2D eigenvalue weighted by atomic mass is 32.1. The van der Waals surface area contributed by atoms with E-state index in [1.807, 2.05) is 0 Å². The summed E-state index contributed by atoms with van der Waals surface area (Å²) < 4.78 is 12.8. The predicted molar refractivity (Wildman–Crippen MR) is 42.8 cm³/mol. The summed E-state index contributed by atoms with van der Waals surface area (Å²) in [5, 5.41) is 0. The van der Waals surface area contributed by atoms with Crippen LogP contribution in [0, 0.1) is 12.7 Å². The van der Waals surface area contributed by atoms with Crippen LogP contribution in [0.1, 0.15) is 5.56 Å². The van der Waals surface area contributed by atoms with E-state index in [0.29, 0.717) is 10.5 Å². The van der Waals surface area contributed by atoms with Gasteiger partial charge in [-0.1, -0.05) is 6.07 Å². The quantitative estimate of drug-likeness (QED) is 0.437. The molecule has 1 rings (SSSR count). The van der Waals surface area contributed by atoms with E-state index in [0.717, 1.165) is 0 Å². The van der Waals surface area contributed by atoms with Gasteiger partial charge >= 0.3 is 0 Å². The SMILES string of the molecule is Cc1ccc(S)c(N)c1F. The van der Waals surface area contributed by atoms with E-state index in [-0.39, 0.29) is 11.5 Å². The van der Waals surface area contributed by atoms with Crippen molar-refractivity contribution in [3.8, 4) is 0 Å². The maximum absolute atomic E-state index is 12.8. The fourth-order valence-corrected chi connectivity index (χ4v) is 0.864. The van der Waals surface area contributed by atoms with Crippen LogP contribution < -0.4 is 5.73 Å². The van der Waals surface area contributed by atoms with Crippen molar-refractivity contribution < 1.29 is 4.39 Å². The molecule has 3 heteroatoms. The smallest absolute Gasteiger partial charge is 0.150 e. The third-order valence-corrected chi connectivity index (χ3v) is 1.74. The highest BCUT2D eigenvalue weighted by molar-refractivity contribution is 7.80. The number of rotatable bonds is 0. The average Bonchev–Trinajstić information content (AvgIpc) is 1.93. The molecule has 0 aliphatic rings. The molecule has 2 N–H and O–H groups in total. The van der Waals surface area contributed by atoms with Gasteiger partial charge in [0, 0.05) is 4.90 Å². The lowest BCUT2D eigenvalue weighted by molar-refractivity contribution is 0.620. The number of anilines is 1. The summed E-state index contributed by atoms with van der Waals surface area (Å²) >= 11 is 3.95. The number of thiol groups is 1. The molecule has 0 aliphatic carbocycles. The second-order valence-electron chi connectivity index (χ2n) is 2.13. The molecule has 0 heterocycles. The second kappa shape index (κ2) is 2.50. The normalized spacial score (nSPS) is 9.90. The van der Waals surface area contributed by atoms with Crippen molar-refractivity contribution in [2.45, 2.75) is 11.8 Å². The molecule has 0 unspecified atom stereocenters. The molecule has 0 fully saturated rings. The summed E-state index contributed by atoms with van der Waals surface area (Å²) in [6.45, 7) is 1.67. The van der Waals surface area contributed by atoms with Crippen molar-refractivity contribution in [3.05, 3.63) is 23.5 Å². The van der Waals surface area contributed by atoms with Gasteiger partial charge in [-0.2, -0.15) is 0 Å². The summed E-state index contributed by atoms with van der Waals surface area (Å²) in [6.07, 6.45) is 0. The first-order valence-corrected chi connectivity index (χ1v) is 3.31. The van der Waals surface area contributed by atoms with Crippen molar-refractivity contribution in [2.24, 2.45) is 0 Å². The van der Waals surface area contributed by atoms with Gasteiger partial charge in [-0.25, -0.2) is 4.39 Å². The molecular weight excluding hydrogens is 149 g/mol. The molecule has 0 amide bonds. The minimum atomic E-state index is -0.368. The van der Waals surface area contributed by atoms with E-state index in [2.05, 4.69) is 12.6 Å². The number of aryl methyl sites for hydroxylation is 1. The fraction of sp³-hybridized carbons (Fsp3) is 0.143. The van der Waals surface area contributed by atoms with Crippen molar-refractivity contribution >= 4 is 18.3 Å². The average molecular weight is 157 g/mol. The minimum absolute atomic E-state index is 0.128. The second-order valence-corrected chi connectivity index (χ2v) is 2.61. The maximum Gasteiger partial charge on any atom is 0.150 e. The van der Waals surface area contributed by atoms with Crippen LogP contribution in [0.5, 0.6) is 0 Å². The monoisotopic (exact) mass is 157 g/mol. The Bertz CT molecular complexity index is 233. The maximum atomic E-state index is 12.8. The van der Waals surface area contributed by atoms with Crippen LogP contribution >= 0.6 is 12.6 Å². The van der Waals surface area contributed by atoms with Gasteiger partial charge in [0.1, 0.15) is 5.82 Å². The van der Waals surface area contributed by atoms with E-state index in [1.54, 1.807) is 19.1 Å². The zero-order chi connectivity index (χ0) is 7.72. The van der Waals surface area contributed by atoms with Crippen LogP contribution in [-0.2, 0) is 0 Å². The highest BCUT2D eigenvalue weighted by Crippen LogP contribution is 2.21. The Labute approximate surface area is 64.5 Å². The Kier molecular flexibility index (Phi) is 1.85. The molecule has 0 aromatic heterocycles. The third-order valence-electron chi connectivity index (χ3n) is 1.35. The lowest BCUT2D eigenvalue weighted by Crippen LogP contribution is -1.94. The topological polar surface area (TPSA) is 26.0 Å². The first kappa shape index (κ1) is 7.41. The Morgan fingerprint density at radius 3 is 2.60 bits per heavy atom. The lowest BCUT2D eigenvalue weighted by Gasteiger charge is -2.01. The first-order chi connectivity index (χ1) is 4.63. The minimum Gasteiger partial charge on any atom is -0.395 e. The van der Waals surface area contributed by atoms with Gasteiger partial charge in [0.15, 0.2) is 0 Å². The molecule has 0 aliphatic heterocycles. The molecule has 1 aromatic carbocycles. The molecule has 1 aromatic rings. The molecule has 1 nitrogen and oxygen atoms in total. The summed E-state index contributed by atoms with van der Waals surface area (Å²) in [6, 6.07) is 3.32. The van der Waals surface area contributed by atoms with Gasteiger partial charge in [-0.3, -0.25) is 0 Å². The van der Waals surface area contributed by atoms with Gasteiger partial charge in [0.05, 0.1) is 5.69 Å². The van der Waals surface area contributed by atoms with Gasteiger partial charge in [-0.05, 0) is 18.6 Å². The number of nitrogens with two attached hydrogens (primary N) is 1. The van der Waals surface area contributed by atoms with Gasteiger partial charge in [0.2, 0.25) is 0 Å². The molecule has 54 valence electrons. The Morgan fingerprint density at radius 2 is 2.10 bits per heavy atom. The van der Waals surface area contributed by atoms with Crippen LogP contribution in [-0.4, -0.2) is 0 Å². The van der Waals surface area contributed by atoms with Crippen LogP contribution in [0.2, 0.25) is 0 Å². The predicted octanol–water partition coefficient (Wildman–Crippen LogP) is 2.01. The summed E-state index contributed by atoms with van der Waals surface area (Å²) in [5.74, 6) is -0.368. The molecule has 0 radical (unpaired) electrons.